The van der Waals surface area contributed by atoms with Gasteiger partial charge in [-0.2, -0.15) is 5.26 Å². The lowest BCUT2D eigenvalue weighted by atomic mass is 9.78. The van der Waals surface area contributed by atoms with Crippen LogP contribution in [0.25, 0.3) is 0 Å². The summed E-state index contributed by atoms with van der Waals surface area (Å²) in [4.78, 5) is 4.88. The second-order valence-electron chi connectivity index (χ2n) is 4.74. The summed E-state index contributed by atoms with van der Waals surface area (Å²) in [5, 5.41) is 9.58. The first-order chi connectivity index (χ1) is 7.26. The molecule has 0 radical (unpaired) electrons. The van der Waals surface area contributed by atoms with E-state index in [4.69, 9.17) is 0 Å². The molecule has 0 N–H and O–H groups in total. The van der Waals surface area contributed by atoms with Crippen molar-refractivity contribution >= 4 is 0 Å². The first kappa shape index (κ1) is 10.9. The molecule has 2 aliphatic rings. The lowest BCUT2D eigenvalue weighted by Crippen LogP contribution is -2.57. The third-order valence-electron chi connectivity index (χ3n) is 4.28. The Morgan fingerprint density at radius 3 is 2.73 bits per heavy atom. The molecule has 3 unspecified atom stereocenters. The van der Waals surface area contributed by atoms with Crippen LogP contribution in [0.1, 0.15) is 26.7 Å². The molecule has 0 spiro atoms. The van der Waals surface area contributed by atoms with E-state index in [1.54, 1.807) is 0 Å². The normalized spacial score (nSPS) is 39.3. The van der Waals surface area contributed by atoms with Crippen LogP contribution in [-0.2, 0) is 0 Å². The van der Waals surface area contributed by atoms with Crippen molar-refractivity contribution in [2.45, 2.75) is 32.2 Å². The van der Waals surface area contributed by atoms with Crippen LogP contribution < -0.4 is 0 Å². The number of hydrogen-bond acceptors (Lipinski definition) is 3. The number of piperidine rings is 1. The summed E-state index contributed by atoms with van der Waals surface area (Å²) < 4.78 is 0. The second kappa shape index (κ2) is 4.11. The predicted molar refractivity (Wildman–Crippen MR) is 60.4 cm³/mol. The van der Waals surface area contributed by atoms with Gasteiger partial charge in [0.05, 0.1) is 6.07 Å². The van der Waals surface area contributed by atoms with Crippen LogP contribution >= 0.6 is 0 Å². The van der Waals surface area contributed by atoms with Gasteiger partial charge < -0.3 is 4.90 Å². The SMILES string of the molecule is CCN(CC)C1(C#N)CCN2CCC1C2. The minimum atomic E-state index is -0.156. The lowest BCUT2D eigenvalue weighted by Gasteiger charge is -2.45. The third-order valence-corrected chi connectivity index (χ3v) is 4.28. The van der Waals surface area contributed by atoms with Crippen LogP contribution in [0.5, 0.6) is 0 Å². The standard InChI is InChI=1S/C12H21N3/c1-3-15(4-2)12(10-13)6-8-14-7-5-11(12)9-14/h11H,3-9H2,1-2H3. The molecule has 2 rings (SSSR count). The number of hydrogen-bond donors (Lipinski definition) is 0. The monoisotopic (exact) mass is 207 g/mol. The fraction of sp³-hybridized carbons (Fsp3) is 0.917. The highest BCUT2D eigenvalue weighted by Crippen LogP contribution is 2.39. The van der Waals surface area contributed by atoms with E-state index in [1.165, 1.54) is 13.0 Å². The summed E-state index contributed by atoms with van der Waals surface area (Å²) in [6.45, 7) is 9.80. The van der Waals surface area contributed by atoms with Gasteiger partial charge in [-0.1, -0.05) is 13.8 Å². The van der Waals surface area contributed by atoms with E-state index in [1.807, 2.05) is 0 Å². The maximum atomic E-state index is 9.58. The fourth-order valence-corrected chi connectivity index (χ4v) is 3.38. The van der Waals surface area contributed by atoms with Gasteiger partial charge in [-0.25, -0.2) is 0 Å². The molecule has 15 heavy (non-hydrogen) atoms. The third kappa shape index (κ3) is 1.56. The summed E-state index contributed by atoms with van der Waals surface area (Å²) in [5.41, 5.74) is -0.156. The van der Waals surface area contributed by atoms with Gasteiger partial charge in [0, 0.05) is 19.0 Å². The van der Waals surface area contributed by atoms with Crippen LogP contribution in [0.2, 0.25) is 0 Å². The van der Waals surface area contributed by atoms with Crippen LogP contribution in [0.15, 0.2) is 0 Å². The number of rotatable bonds is 3. The maximum absolute atomic E-state index is 9.58. The largest absolute Gasteiger partial charge is 0.303 e. The van der Waals surface area contributed by atoms with Gasteiger partial charge in [0.2, 0.25) is 0 Å². The Balaban J connectivity index is 2.24. The average Bonchev–Trinajstić information content (AvgIpc) is 2.68. The zero-order valence-corrected chi connectivity index (χ0v) is 9.87. The highest BCUT2D eigenvalue weighted by Gasteiger charge is 2.49. The van der Waals surface area contributed by atoms with Gasteiger partial charge in [0.1, 0.15) is 5.54 Å². The Morgan fingerprint density at radius 2 is 2.13 bits per heavy atom. The molecule has 2 saturated heterocycles. The van der Waals surface area contributed by atoms with Crippen molar-refractivity contribution in [1.29, 1.82) is 5.26 Å². The van der Waals surface area contributed by atoms with Crippen molar-refractivity contribution in [2.24, 2.45) is 5.92 Å². The van der Waals surface area contributed by atoms with Crippen molar-refractivity contribution in [3.8, 4) is 6.07 Å². The molecular formula is C12H21N3. The minimum Gasteiger partial charge on any atom is -0.303 e. The molecule has 3 atom stereocenters. The first-order valence-electron chi connectivity index (χ1n) is 6.15. The maximum Gasteiger partial charge on any atom is 0.114 e. The highest BCUT2D eigenvalue weighted by atomic mass is 15.3. The zero-order chi connectivity index (χ0) is 10.9. The molecule has 0 aromatic carbocycles. The van der Waals surface area contributed by atoms with Crippen molar-refractivity contribution in [3.05, 3.63) is 0 Å². The van der Waals surface area contributed by atoms with Crippen LogP contribution in [0, 0.1) is 17.2 Å². The molecule has 0 aromatic rings. The van der Waals surface area contributed by atoms with Crippen molar-refractivity contribution in [1.82, 2.24) is 9.80 Å². The first-order valence-corrected chi connectivity index (χ1v) is 6.15. The molecular weight excluding hydrogens is 186 g/mol. The Hall–Kier alpha value is -0.590. The van der Waals surface area contributed by atoms with Gasteiger partial charge in [-0.3, -0.25) is 4.90 Å². The topological polar surface area (TPSA) is 30.3 Å². The van der Waals surface area contributed by atoms with Crippen molar-refractivity contribution in [3.63, 3.8) is 0 Å². The Morgan fingerprint density at radius 1 is 1.40 bits per heavy atom. The minimum absolute atomic E-state index is 0.156. The molecule has 3 heteroatoms. The summed E-state index contributed by atoms with van der Waals surface area (Å²) in [5.74, 6) is 0.580. The number of nitriles is 1. The highest BCUT2D eigenvalue weighted by molar-refractivity contribution is 5.16. The van der Waals surface area contributed by atoms with E-state index in [2.05, 4.69) is 29.7 Å². The Labute approximate surface area is 92.7 Å². The average molecular weight is 207 g/mol. The molecule has 84 valence electrons. The van der Waals surface area contributed by atoms with E-state index in [0.29, 0.717) is 5.92 Å². The summed E-state index contributed by atoms with van der Waals surface area (Å²) in [7, 11) is 0. The van der Waals surface area contributed by atoms with E-state index >= 15 is 0 Å². The lowest BCUT2D eigenvalue weighted by molar-refractivity contribution is 0.0533. The van der Waals surface area contributed by atoms with Crippen LogP contribution in [-0.4, -0.2) is 48.1 Å². The van der Waals surface area contributed by atoms with E-state index in [0.717, 1.165) is 32.6 Å². The Kier molecular flexibility index (Phi) is 2.99. The van der Waals surface area contributed by atoms with Crippen molar-refractivity contribution in [2.75, 3.05) is 32.7 Å². The van der Waals surface area contributed by atoms with Crippen molar-refractivity contribution < 1.29 is 0 Å². The molecule has 0 saturated carbocycles. The van der Waals surface area contributed by atoms with Crippen LogP contribution in [0.4, 0.5) is 0 Å². The summed E-state index contributed by atoms with van der Waals surface area (Å²) in [6.07, 6.45) is 2.25. The van der Waals surface area contributed by atoms with Gasteiger partial charge in [0.25, 0.3) is 0 Å². The zero-order valence-electron chi connectivity index (χ0n) is 9.87. The molecule has 0 aliphatic carbocycles. The molecule has 2 aliphatic heterocycles. The number of nitrogens with zero attached hydrogens (tertiary/aromatic N) is 3. The molecule has 2 bridgehead atoms. The molecule has 3 nitrogen and oxygen atoms in total. The molecule has 0 amide bonds. The van der Waals surface area contributed by atoms with Crippen LogP contribution in [0.3, 0.4) is 0 Å². The van der Waals surface area contributed by atoms with Gasteiger partial charge in [0.15, 0.2) is 0 Å². The van der Waals surface area contributed by atoms with E-state index < -0.39 is 0 Å². The van der Waals surface area contributed by atoms with Gasteiger partial charge in [-0.15, -0.1) is 0 Å². The predicted octanol–water partition coefficient (Wildman–Crippen LogP) is 1.32. The smallest absolute Gasteiger partial charge is 0.114 e. The fourth-order valence-electron chi connectivity index (χ4n) is 3.38. The van der Waals surface area contributed by atoms with Gasteiger partial charge in [-0.05, 0) is 32.5 Å². The second-order valence-corrected chi connectivity index (χ2v) is 4.74. The summed E-state index contributed by atoms with van der Waals surface area (Å²) >= 11 is 0. The van der Waals surface area contributed by atoms with Gasteiger partial charge >= 0.3 is 0 Å². The molecule has 0 aromatic heterocycles. The quantitative estimate of drug-likeness (QED) is 0.699. The summed E-state index contributed by atoms with van der Waals surface area (Å²) in [6, 6.07) is 2.65. The number of fused-ring (bicyclic) bond motifs is 2. The molecule has 2 fully saturated rings. The Bertz CT molecular complexity index is 263. The van der Waals surface area contributed by atoms with E-state index in [9.17, 15) is 5.26 Å². The van der Waals surface area contributed by atoms with E-state index in [-0.39, 0.29) is 5.54 Å². The molecule has 2 heterocycles.